The Morgan fingerprint density at radius 1 is 1.15 bits per heavy atom. The van der Waals surface area contributed by atoms with Gasteiger partial charge in [-0.1, -0.05) is 37.3 Å². The predicted molar refractivity (Wildman–Crippen MR) is 109 cm³/mol. The van der Waals surface area contributed by atoms with Crippen LogP contribution in [0.2, 0.25) is 0 Å². The summed E-state index contributed by atoms with van der Waals surface area (Å²) in [6.07, 6.45) is 5.42. The molecule has 1 unspecified atom stereocenters. The Hall–Kier alpha value is -2.38. The molecule has 1 spiro atoms. The van der Waals surface area contributed by atoms with Crippen LogP contribution in [0.4, 0.5) is 5.82 Å². The van der Waals surface area contributed by atoms with Crippen molar-refractivity contribution in [2.24, 2.45) is 5.41 Å². The molecule has 2 aliphatic heterocycles. The number of hydrogen-bond donors (Lipinski definition) is 0. The highest BCUT2D eigenvalue weighted by Crippen LogP contribution is 2.45. The van der Waals surface area contributed by atoms with E-state index < -0.39 is 0 Å². The van der Waals surface area contributed by atoms with Gasteiger partial charge in [-0.05, 0) is 54.8 Å². The van der Waals surface area contributed by atoms with Crippen LogP contribution >= 0.6 is 0 Å². The lowest BCUT2D eigenvalue weighted by Gasteiger charge is -2.50. The van der Waals surface area contributed by atoms with Gasteiger partial charge in [0.25, 0.3) is 0 Å². The second-order valence-electron chi connectivity index (χ2n) is 8.11. The third kappa shape index (κ3) is 3.70. The molecular weight excluding hydrogens is 332 g/mol. The van der Waals surface area contributed by atoms with Gasteiger partial charge in [-0.2, -0.15) is 5.26 Å². The standard InChI is InChI=1S/C23H28N4/c1-2-26-17-21(19-7-4-3-5-8-19)15-23(18-26)10-13-27(14-11-23)22-20(16-24)9-6-12-25-22/h3-9,12,21H,2,10-11,13-15,17-18H2,1H3. The van der Waals surface area contributed by atoms with Gasteiger partial charge in [0.2, 0.25) is 0 Å². The van der Waals surface area contributed by atoms with E-state index in [0.29, 0.717) is 16.9 Å². The van der Waals surface area contributed by atoms with E-state index in [4.69, 9.17) is 0 Å². The topological polar surface area (TPSA) is 43.2 Å². The molecule has 1 aromatic heterocycles. The van der Waals surface area contributed by atoms with Crippen LogP contribution in [0, 0.1) is 16.7 Å². The van der Waals surface area contributed by atoms with E-state index in [-0.39, 0.29) is 0 Å². The molecule has 0 amide bonds. The van der Waals surface area contributed by atoms with Crippen LogP contribution < -0.4 is 4.90 Å². The summed E-state index contributed by atoms with van der Waals surface area (Å²) in [5.41, 5.74) is 2.55. The van der Waals surface area contributed by atoms with Crippen molar-refractivity contribution in [2.45, 2.75) is 32.1 Å². The first-order chi connectivity index (χ1) is 13.2. The monoisotopic (exact) mass is 360 g/mol. The largest absolute Gasteiger partial charge is 0.355 e. The molecule has 4 nitrogen and oxygen atoms in total. The summed E-state index contributed by atoms with van der Waals surface area (Å²) >= 11 is 0. The van der Waals surface area contributed by atoms with E-state index >= 15 is 0 Å². The minimum Gasteiger partial charge on any atom is -0.355 e. The number of benzene rings is 1. The fourth-order valence-corrected chi connectivity index (χ4v) is 4.98. The number of piperidine rings is 2. The second-order valence-corrected chi connectivity index (χ2v) is 8.11. The molecule has 0 saturated carbocycles. The van der Waals surface area contributed by atoms with Crippen LogP contribution in [0.5, 0.6) is 0 Å². The first kappa shape index (κ1) is 18.0. The Kier molecular flexibility index (Phi) is 5.13. The van der Waals surface area contributed by atoms with Crippen molar-refractivity contribution < 1.29 is 0 Å². The maximum atomic E-state index is 9.40. The number of nitriles is 1. The Balaban J connectivity index is 1.51. The number of anilines is 1. The number of likely N-dealkylation sites (N-methyl/N-ethyl adjacent to an activating group) is 1. The second kappa shape index (κ2) is 7.70. The molecule has 2 aromatic rings. The highest BCUT2D eigenvalue weighted by atomic mass is 15.2. The lowest BCUT2D eigenvalue weighted by Crippen LogP contribution is -2.51. The average molecular weight is 361 g/mol. The van der Waals surface area contributed by atoms with Crippen molar-refractivity contribution in [1.29, 1.82) is 5.26 Å². The molecular formula is C23H28N4. The molecule has 2 fully saturated rings. The number of likely N-dealkylation sites (tertiary alicyclic amines) is 1. The van der Waals surface area contributed by atoms with Crippen LogP contribution in [-0.2, 0) is 0 Å². The van der Waals surface area contributed by atoms with E-state index in [2.05, 4.69) is 58.1 Å². The van der Waals surface area contributed by atoms with Gasteiger partial charge < -0.3 is 9.80 Å². The van der Waals surface area contributed by atoms with Crippen LogP contribution in [0.1, 0.15) is 43.2 Å². The number of pyridine rings is 1. The lowest BCUT2D eigenvalue weighted by atomic mass is 9.68. The van der Waals surface area contributed by atoms with E-state index in [0.717, 1.165) is 25.5 Å². The molecule has 4 rings (SSSR count). The molecule has 1 aromatic carbocycles. The number of aromatic nitrogens is 1. The van der Waals surface area contributed by atoms with E-state index in [1.165, 1.54) is 37.9 Å². The summed E-state index contributed by atoms with van der Waals surface area (Å²) in [7, 11) is 0. The number of hydrogen-bond acceptors (Lipinski definition) is 4. The summed E-state index contributed by atoms with van der Waals surface area (Å²) in [5.74, 6) is 1.48. The Bertz CT molecular complexity index is 803. The molecule has 140 valence electrons. The molecule has 2 aliphatic rings. The van der Waals surface area contributed by atoms with Gasteiger partial charge in [-0.3, -0.25) is 0 Å². The van der Waals surface area contributed by atoms with Gasteiger partial charge in [0.15, 0.2) is 0 Å². The summed E-state index contributed by atoms with van der Waals surface area (Å²) in [6, 6.07) is 17.0. The summed E-state index contributed by atoms with van der Waals surface area (Å²) in [5, 5.41) is 9.40. The summed E-state index contributed by atoms with van der Waals surface area (Å²) < 4.78 is 0. The molecule has 3 heterocycles. The van der Waals surface area contributed by atoms with Gasteiger partial charge >= 0.3 is 0 Å². The molecule has 4 heteroatoms. The van der Waals surface area contributed by atoms with E-state index in [1.54, 1.807) is 6.20 Å². The van der Waals surface area contributed by atoms with Gasteiger partial charge in [0.05, 0.1) is 5.56 Å². The van der Waals surface area contributed by atoms with Crippen molar-refractivity contribution >= 4 is 5.82 Å². The zero-order valence-corrected chi connectivity index (χ0v) is 16.1. The fourth-order valence-electron chi connectivity index (χ4n) is 4.98. The third-order valence-corrected chi connectivity index (χ3v) is 6.47. The molecule has 0 aliphatic carbocycles. The van der Waals surface area contributed by atoms with Gasteiger partial charge in [-0.25, -0.2) is 4.98 Å². The smallest absolute Gasteiger partial charge is 0.146 e. The SMILES string of the molecule is CCN1CC(c2ccccc2)CC2(CCN(c3ncccc3C#N)CC2)C1. The minimum atomic E-state index is 0.382. The molecule has 2 saturated heterocycles. The van der Waals surface area contributed by atoms with Crippen molar-refractivity contribution in [3.8, 4) is 6.07 Å². The highest BCUT2D eigenvalue weighted by molar-refractivity contribution is 5.53. The highest BCUT2D eigenvalue weighted by Gasteiger charge is 2.42. The zero-order valence-electron chi connectivity index (χ0n) is 16.1. The van der Waals surface area contributed by atoms with Crippen LogP contribution in [0.15, 0.2) is 48.7 Å². The quantitative estimate of drug-likeness (QED) is 0.828. The van der Waals surface area contributed by atoms with Crippen molar-refractivity contribution in [2.75, 3.05) is 37.6 Å². The minimum absolute atomic E-state index is 0.382. The molecule has 0 N–H and O–H groups in total. The lowest BCUT2D eigenvalue weighted by molar-refractivity contribution is 0.0543. The van der Waals surface area contributed by atoms with Crippen LogP contribution in [-0.4, -0.2) is 42.6 Å². The van der Waals surface area contributed by atoms with Crippen LogP contribution in [0.25, 0.3) is 0 Å². The Morgan fingerprint density at radius 2 is 1.93 bits per heavy atom. The number of rotatable bonds is 3. The molecule has 27 heavy (non-hydrogen) atoms. The summed E-state index contributed by atoms with van der Waals surface area (Å²) in [4.78, 5) is 9.44. The average Bonchev–Trinajstić information content (AvgIpc) is 2.74. The summed E-state index contributed by atoms with van der Waals surface area (Å²) in [6.45, 7) is 7.76. The molecule has 0 bridgehead atoms. The molecule has 1 atom stereocenters. The Morgan fingerprint density at radius 3 is 2.63 bits per heavy atom. The van der Waals surface area contributed by atoms with Crippen molar-refractivity contribution in [3.63, 3.8) is 0 Å². The van der Waals surface area contributed by atoms with Gasteiger partial charge in [0, 0.05) is 32.4 Å². The van der Waals surface area contributed by atoms with E-state index in [9.17, 15) is 5.26 Å². The first-order valence-electron chi connectivity index (χ1n) is 10.1. The van der Waals surface area contributed by atoms with Gasteiger partial charge in [-0.15, -0.1) is 0 Å². The van der Waals surface area contributed by atoms with Crippen LogP contribution in [0.3, 0.4) is 0 Å². The normalized spacial score (nSPS) is 22.5. The number of nitrogens with zero attached hydrogens (tertiary/aromatic N) is 4. The molecule has 0 radical (unpaired) electrons. The zero-order chi connectivity index (χ0) is 18.7. The van der Waals surface area contributed by atoms with Crippen molar-refractivity contribution in [3.05, 3.63) is 59.8 Å². The first-order valence-corrected chi connectivity index (χ1v) is 10.1. The predicted octanol–water partition coefficient (Wildman–Crippen LogP) is 4.05. The van der Waals surface area contributed by atoms with Crippen molar-refractivity contribution in [1.82, 2.24) is 9.88 Å². The third-order valence-electron chi connectivity index (χ3n) is 6.47. The maximum Gasteiger partial charge on any atom is 0.146 e. The van der Waals surface area contributed by atoms with E-state index in [1.807, 2.05) is 12.1 Å². The Labute approximate surface area is 162 Å². The fraction of sp³-hybridized carbons (Fsp3) is 0.478. The maximum absolute atomic E-state index is 9.40. The van der Waals surface area contributed by atoms with Gasteiger partial charge in [0.1, 0.15) is 11.9 Å².